The van der Waals surface area contributed by atoms with Gasteiger partial charge in [0.25, 0.3) is 5.56 Å². The molecule has 0 unspecified atom stereocenters. The van der Waals surface area contributed by atoms with Gasteiger partial charge in [0, 0.05) is 5.75 Å². The molecular formula is C22H24N2O4S. The zero-order chi connectivity index (χ0) is 20.6. The maximum absolute atomic E-state index is 13.3. The van der Waals surface area contributed by atoms with E-state index in [1.807, 2.05) is 56.3 Å². The van der Waals surface area contributed by atoms with Gasteiger partial charge in [0.1, 0.15) is 5.75 Å². The second-order valence-electron chi connectivity index (χ2n) is 6.27. The van der Waals surface area contributed by atoms with Crippen molar-refractivity contribution in [3.63, 3.8) is 0 Å². The lowest BCUT2D eigenvalue weighted by Crippen LogP contribution is -2.22. The summed E-state index contributed by atoms with van der Waals surface area (Å²) >= 11 is 1.35. The van der Waals surface area contributed by atoms with Crippen molar-refractivity contribution in [3.8, 4) is 11.4 Å². The third kappa shape index (κ3) is 4.98. The average Bonchev–Trinajstić information content (AvgIpc) is 2.73. The Labute approximate surface area is 173 Å². The quantitative estimate of drug-likeness (QED) is 0.298. The van der Waals surface area contributed by atoms with Crippen LogP contribution in [0, 0.1) is 0 Å². The van der Waals surface area contributed by atoms with Crippen LogP contribution in [0.15, 0.2) is 58.5 Å². The molecule has 0 saturated carbocycles. The van der Waals surface area contributed by atoms with E-state index >= 15 is 0 Å². The molecule has 6 nitrogen and oxygen atoms in total. The van der Waals surface area contributed by atoms with Crippen LogP contribution in [0.1, 0.15) is 26.7 Å². The van der Waals surface area contributed by atoms with Crippen LogP contribution in [0.2, 0.25) is 0 Å². The predicted octanol–water partition coefficient (Wildman–Crippen LogP) is 4.22. The first-order chi connectivity index (χ1) is 14.2. The smallest absolute Gasteiger partial charge is 0.306 e. The zero-order valence-corrected chi connectivity index (χ0v) is 17.4. The first-order valence-corrected chi connectivity index (χ1v) is 10.7. The molecule has 0 atom stereocenters. The molecule has 0 aliphatic heterocycles. The summed E-state index contributed by atoms with van der Waals surface area (Å²) in [7, 11) is 0. The standard InChI is InChI=1S/C22H24N2O4S/c1-3-14-28-20(25)13-15-29-22-23-17-10-6-5-9-16(17)21(26)24(22)18-11-7-8-12-19(18)27-4-2/h5-12H,3-4,13-15H2,1-2H3. The van der Waals surface area contributed by atoms with E-state index in [1.165, 1.54) is 11.8 Å². The van der Waals surface area contributed by atoms with Crippen LogP contribution in [0.5, 0.6) is 5.75 Å². The summed E-state index contributed by atoms with van der Waals surface area (Å²) in [5.74, 6) is 0.826. The average molecular weight is 413 g/mol. The van der Waals surface area contributed by atoms with Gasteiger partial charge in [-0.25, -0.2) is 4.98 Å². The van der Waals surface area contributed by atoms with Crippen molar-refractivity contribution in [1.82, 2.24) is 9.55 Å². The lowest BCUT2D eigenvalue weighted by Gasteiger charge is -2.16. The van der Waals surface area contributed by atoms with Crippen molar-refractivity contribution in [1.29, 1.82) is 0 Å². The molecule has 0 fully saturated rings. The molecule has 1 heterocycles. The molecule has 0 radical (unpaired) electrons. The van der Waals surface area contributed by atoms with Crippen molar-refractivity contribution in [2.75, 3.05) is 19.0 Å². The van der Waals surface area contributed by atoms with E-state index in [-0.39, 0.29) is 17.9 Å². The fourth-order valence-electron chi connectivity index (χ4n) is 2.85. The summed E-state index contributed by atoms with van der Waals surface area (Å²) in [6.07, 6.45) is 1.04. The molecule has 0 aliphatic carbocycles. The van der Waals surface area contributed by atoms with Crippen LogP contribution in [0.3, 0.4) is 0 Å². The molecule has 7 heteroatoms. The Bertz CT molecular complexity index is 1050. The molecule has 3 rings (SSSR count). The fourth-order valence-corrected chi connectivity index (χ4v) is 3.78. The van der Waals surface area contributed by atoms with Crippen LogP contribution in [-0.4, -0.2) is 34.5 Å². The summed E-state index contributed by atoms with van der Waals surface area (Å²) in [4.78, 5) is 29.8. The highest BCUT2D eigenvalue weighted by atomic mass is 32.2. The second kappa shape index (κ2) is 10.1. The van der Waals surface area contributed by atoms with Gasteiger partial charge in [0.15, 0.2) is 5.16 Å². The number of carbonyl (C=O) groups is 1. The van der Waals surface area contributed by atoms with E-state index in [0.717, 1.165) is 6.42 Å². The minimum Gasteiger partial charge on any atom is -0.492 e. The van der Waals surface area contributed by atoms with Crippen molar-refractivity contribution < 1.29 is 14.3 Å². The largest absolute Gasteiger partial charge is 0.492 e. The molecule has 0 amide bonds. The number of nitrogens with zero attached hydrogens (tertiary/aromatic N) is 2. The Balaban J connectivity index is 2.01. The topological polar surface area (TPSA) is 70.4 Å². The number of esters is 1. The first-order valence-electron chi connectivity index (χ1n) is 9.68. The van der Waals surface area contributed by atoms with Gasteiger partial charge >= 0.3 is 5.97 Å². The number of fused-ring (bicyclic) bond motifs is 1. The molecule has 29 heavy (non-hydrogen) atoms. The highest BCUT2D eigenvalue weighted by Crippen LogP contribution is 2.27. The van der Waals surface area contributed by atoms with Gasteiger partial charge in [-0.15, -0.1) is 0 Å². The molecule has 0 N–H and O–H groups in total. The summed E-state index contributed by atoms with van der Waals surface area (Å²) in [6.45, 7) is 4.76. The number of aromatic nitrogens is 2. The molecule has 3 aromatic rings. The van der Waals surface area contributed by atoms with E-state index in [2.05, 4.69) is 0 Å². The summed E-state index contributed by atoms with van der Waals surface area (Å²) in [6, 6.07) is 14.6. The monoisotopic (exact) mass is 412 g/mol. The zero-order valence-electron chi connectivity index (χ0n) is 16.6. The number of hydrogen-bond donors (Lipinski definition) is 0. The molecule has 1 aromatic heterocycles. The van der Waals surface area contributed by atoms with Crippen LogP contribution in [-0.2, 0) is 9.53 Å². The van der Waals surface area contributed by atoms with Gasteiger partial charge in [-0.1, -0.05) is 43.0 Å². The maximum Gasteiger partial charge on any atom is 0.306 e. The lowest BCUT2D eigenvalue weighted by molar-refractivity contribution is -0.143. The Morgan fingerprint density at radius 3 is 2.66 bits per heavy atom. The minimum atomic E-state index is -0.247. The molecule has 0 spiro atoms. The number of hydrogen-bond acceptors (Lipinski definition) is 6. The number of para-hydroxylation sites is 3. The van der Waals surface area contributed by atoms with Gasteiger partial charge in [-0.2, -0.15) is 0 Å². The maximum atomic E-state index is 13.3. The molecule has 0 saturated heterocycles. The van der Waals surface area contributed by atoms with Gasteiger partial charge in [0.2, 0.25) is 0 Å². The molecule has 152 valence electrons. The van der Waals surface area contributed by atoms with Crippen molar-refractivity contribution in [3.05, 3.63) is 58.9 Å². The minimum absolute atomic E-state index is 0.168. The molecule has 0 bridgehead atoms. The van der Waals surface area contributed by atoms with E-state index in [0.29, 0.717) is 46.5 Å². The van der Waals surface area contributed by atoms with Crippen molar-refractivity contribution in [2.45, 2.75) is 31.8 Å². The molecule has 2 aromatic carbocycles. The van der Waals surface area contributed by atoms with E-state index in [9.17, 15) is 9.59 Å². The molecule has 0 aliphatic rings. The normalized spacial score (nSPS) is 10.8. The van der Waals surface area contributed by atoms with E-state index < -0.39 is 0 Å². The predicted molar refractivity (Wildman–Crippen MR) is 115 cm³/mol. The Hall–Kier alpha value is -2.80. The van der Waals surface area contributed by atoms with Gasteiger partial charge in [-0.3, -0.25) is 14.2 Å². The number of ether oxygens (including phenoxy) is 2. The Morgan fingerprint density at radius 2 is 1.86 bits per heavy atom. The van der Waals surface area contributed by atoms with Gasteiger partial charge < -0.3 is 9.47 Å². The van der Waals surface area contributed by atoms with Crippen LogP contribution in [0.25, 0.3) is 16.6 Å². The van der Waals surface area contributed by atoms with Crippen LogP contribution in [0.4, 0.5) is 0 Å². The van der Waals surface area contributed by atoms with Gasteiger partial charge in [0.05, 0.1) is 36.2 Å². The summed E-state index contributed by atoms with van der Waals surface area (Å²) < 4.78 is 12.4. The fraction of sp³-hybridized carbons (Fsp3) is 0.318. The number of benzene rings is 2. The number of carbonyl (C=O) groups excluding carboxylic acids is 1. The lowest BCUT2D eigenvalue weighted by atomic mass is 10.2. The third-order valence-corrected chi connectivity index (χ3v) is 5.10. The van der Waals surface area contributed by atoms with Crippen molar-refractivity contribution >= 4 is 28.6 Å². The second-order valence-corrected chi connectivity index (χ2v) is 7.33. The number of thioether (sulfide) groups is 1. The Kier molecular flexibility index (Phi) is 7.30. The SMILES string of the molecule is CCCOC(=O)CCSc1nc2ccccc2c(=O)n1-c1ccccc1OCC. The highest BCUT2D eigenvalue weighted by molar-refractivity contribution is 7.99. The van der Waals surface area contributed by atoms with E-state index in [4.69, 9.17) is 14.5 Å². The van der Waals surface area contributed by atoms with Crippen molar-refractivity contribution in [2.24, 2.45) is 0 Å². The van der Waals surface area contributed by atoms with Gasteiger partial charge in [-0.05, 0) is 37.6 Å². The Morgan fingerprint density at radius 1 is 1.10 bits per heavy atom. The van der Waals surface area contributed by atoms with Crippen LogP contribution < -0.4 is 10.3 Å². The summed E-state index contributed by atoms with van der Waals surface area (Å²) in [5, 5.41) is 1.05. The van der Waals surface area contributed by atoms with Crippen LogP contribution >= 0.6 is 11.8 Å². The van der Waals surface area contributed by atoms with E-state index in [1.54, 1.807) is 10.6 Å². The summed E-state index contributed by atoms with van der Waals surface area (Å²) in [5.41, 5.74) is 1.09. The first kappa shape index (κ1) is 20.9. The third-order valence-electron chi connectivity index (χ3n) is 4.16. The highest BCUT2D eigenvalue weighted by Gasteiger charge is 2.17. The molecular weight excluding hydrogens is 388 g/mol. The number of rotatable bonds is 9.